The fourth-order valence-corrected chi connectivity index (χ4v) is 0.767. The number of carbonyl (C=O) groups excluding carboxylic acids is 2. The highest BCUT2D eigenvalue weighted by atomic mass is 16.4. The number of hydrogen-bond acceptors (Lipinski definition) is 4. The molecule has 0 aromatic rings. The summed E-state index contributed by atoms with van der Waals surface area (Å²) in [6, 6.07) is -1.48. The Morgan fingerprint density at radius 1 is 1.57 bits per heavy atom. The van der Waals surface area contributed by atoms with Gasteiger partial charge in [0.25, 0.3) is 0 Å². The van der Waals surface area contributed by atoms with Gasteiger partial charge in [-0.05, 0) is 13.3 Å². The molecule has 1 amide bonds. The minimum atomic E-state index is -1.01. The number of nitrogens with one attached hydrogen (secondary N) is 1. The summed E-state index contributed by atoms with van der Waals surface area (Å²) in [5.41, 5.74) is 5.25. The van der Waals surface area contributed by atoms with Gasteiger partial charge < -0.3 is 21.0 Å². The first-order valence-electron chi connectivity index (χ1n) is 4.20. The van der Waals surface area contributed by atoms with Gasteiger partial charge in [0.1, 0.15) is 6.29 Å². The molecule has 0 aliphatic carbocycles. The molecule has 0 radical (unpaired) electrons. The summed E-state index contributed by atoms with van der Waals surface area (Å²) >= 11 is 0. The van der Waals surface area contributed by atoms with Gasteiger partial charge in [0.15, 0.2) is 0 Å². The zero-order valence-corrected chi connectivity index (χ0v) is 7.90. The molecule has 0 saturated heterocycles. The van der Waals surface area contributed by atoms with E-state index in [9.17, 15) is 14.4 Å². The van der Waals surface area contributed by atoms with Crippen LogP contribution in [0.15, 0.2) is 0 Å². The number of carboxylic acids is 1. The molecular formula is C8H14N2O4. The van der Waals surface area contributed by atoms with Crippen molar-refractivity contribution >= 4 is 18.2 Å². The van der Waals surface area contributed by atoms with E-state index < -0.39 is 24.0 Å². The second-order valence-corrected chi connectivity index (χ2v) is 2.97. The smallest absolute Gasteiger partial charge is 0.303 e. The Hall–Kier alpha value is -1.43. The molecule has 0 rings (SSSR count). The third-order valence-electron chi connectivity index (χ3n) is 1.57. The summed E-state index contributed by atoms with van der Waals surface area (Å²) < 4.78 is 0. The zero-order chi connectivity index (χ0) is 11.1. The lowest BCUT2D eigenvalue weighted by atomic mass is 10.1. The SMILES string of the molecule is C[C@H](N)C(=O)N[C@@H](C=O)CCC(=O)O. The highest BCUT2D eigenvalue weighted by Crippen LogP contribution is 1.95. The van der Waals surface area contributed by atoms with Crippen LogP contribution in [0.25, 0.3) is 0 Å². The Morgan fingerprint density at radius 2 is 2.14 bits per heavy atom. The Morgan fingerprint density at radius 3 is 2.50 bits per heavy atom. The van der Waals surface area contributed by atoms with E-state index in [-0.39, 0.29) is 12.8 Å². The van der Waals surface area contributed by atoms with Crippen molar-refractivity contribution in [1.29, 1.82) is 0 Å². The van der Waals surface area contributed by atoms with Crippen molar-refractivity contribution in [3.63, 3.8) is 0 Å². The number of amides is 1. The number of aliphatic carboxylic acids is 1. The lowest BCUT2D eigenvalue weighted by Crippen LogP contribution is -2.44. The van der Waals surface area contributed by atoms with Crippen LogP contribution in [-0.2, 0) is 14.4 Å². The predicted molar refractivity (Wildman–Crippen MR) is 48.5 cm³/mol. The van der Waals surface area contributed by atoms with Crippen LogP contribution in [0.3, 0.4) is 0 Å². The summed E-state index contributed by atoms with van der Waals surface area (Å²) in [6.45, 7) is 1.48. The molecule has 0 aliphatic rings. The van der Waals surface area contributed by atoms with E-state index >= 15 is 0 Å². The van der Waals surface area contributed by atoms with E-state index in [0.29, 0.717) is 6.29 Å². The van der Waals surface area contributed by atoms with Crippen molar-refractivity contribution < 1.29 is 19.5 Å². The topological polar surface area (TPSA) is 109 Å². The third-order valence-corrected chi connectivity index (χ3v) is 1.57. The molecule has 2 atom stereocenters. The standard InChI is InChI=1S/C8H14N2O4/c1-5(9)8(14)10-6(4-11)2-3-7(12)13/h4-6H,2-3,9H2,1H3,(H,10,14)(H,12,13)/t5-,6+/m0/s1. The Kier molecular flexibility index (Phi) is 5.47. The van der Waals surface area contributed by atoms with Crippen LogP contribution < -0.4 is 11.1 Å². The summed E-state index contributed by atoms with van der Waals surface area (Å²) in [5.74, 6) is -1.47. The van der Waals surface area contributed by atoms with Crippen molar-refractivity contribution in [2.24, 2.45) is 5.73 Å². The quantitative estimate of drug-likeness (QED) is 0.473. The number of carbonyl (C=O) groups is 3. The van der Waals surface area contributed by atoms with Crippen LogP contribution >= 0.6 is 0 Å². The van der Waals surface area contributed by atoms with Crippen LogP contribution in [-0.4, -0.2) is 35.4 Å². The van der Waals surface area contributed by atoms with Crippen LogP contribution in [0.2, 0.25) is 0 Å². The van der Waals surface area contributed by atoms with Crippen LogP contribution in [0.1, 0.15) is 19.8 Å². The molecule has 6 nitrogen and oxygen atoms in total. The average Bonchev–Trinajstić information content (AvgIpc) is 2.11. The van der Waals surface area contributed by atoms with E-state index in [2.05, 4.69) is 5.32 Å². The molecule has 0 spiro atoms. The van der Waals surface area contributed by atoms with Crippen LogP contribution in [0.4, 0.5) is 0 Å². The maximum atomic E-state index is 11.0. The summed E-state index contributed by atoms with van der Waals surface area (Å²) in [4.78, 5) is 31.6. The Labute approximate surface area is 81.5 Å². The van der Waals surface area contributed by atoms with Gasteiger partial charge >= 0.3 is 5.97 Å². The molecule has 4 N–H and O–H groups in total. The molecule has 0 heterocycles. The number of rotatable bonds is 6. The minimum Gasteiger partial charge on any atom is -0.481 e. The van der Waals surface area contributed by atoms with E-state index in [1.54, 1.807) is 0 Å². The lowest BCUT2D eigenvalue weighted by Gasteiger charge is -2.13. The van der Waals surface area contributed by atoms with Gasteiger partial charge in [-0.25, -0.2) is 0 Å². The van der Waals surface area contributed by atoms with Gasteiger partial charge in [-0.2, -0.15) is 0 Å². The molecule has 0 bridgehead atoms. The molecule has 0 aliphatic heterocycles. The molecule has 14 heavy (non-hydrogen) atoms. The van der Waals surface area contributed by atoms with Crippen molar-refractivity contribution in [3.05, 3.63) is 0 Å². The maximum Gasteiger partial charge on any atom is 0.303 e. The van der Waals surface area contributed by atoms with Crippen molar-refractivity contribution in [2.75, 3.05) is 0 Å². The highest BCUT2D eigenvalue weighted by molar-refractivity contribution is 5.83. The van der Waals surface area contributed by atoms with Crippen LogP contribution in [0.5, 0.6) is 0 Å². The van der Waals surface area contributed by atoms with Gasteiger partial charge in [0.2, 0.25) is 5.91 Å². The molecule has 6 heteroatoms. The zero-order valence-electron chi connectivity index (χ0n) is 7.90. The summed E-state index contributed by atoms with van der Waals surface area (Å²) in [5, 5.41) is 10.7. The van der Waals surface area contributed by atoms with Gasteiger partial charge in [-0.1, -0.05) is 0 Å². The average molecular weight is 202 g/mol. The number of aldehydes is 1. The van der Waals surface area contributed by atoms with Gasteiger partial charge in [0.05, 0.1) is 12.1 Å². The molecule has 0 saturated carbocycles. The third kappa shape index (κ3) is 5.26. The summed E-state index contributed by atoms with van der Waals surface area (Å²) in [6.07, 6.45) is 0.420. The Bertz CT molecular complexity index is 227. The van der Waals surface area contributed by atoms with Crippen LogP contribution in [0, 0.1) is 0 Å². The van der Waals surface area contributed by atoms with E-state index in [0.717, 1.165) is 0 Å². The van der Waals surface area contributed by atoms with Crippen molar-refractivity contribution in [1.82, 2.24) is 5.32 Å². The molecular weight excluding hydrogens is 188 g/mol. The fraction of sp³-hybridized carbons (Fsp3) is 0.625. The van der Waals surface area contributed by atoms with Crippen molar-refractivity contribution in [3.8, 4) is 0 Å². The number of hydrogen-bond donors (Lipinski definition) is 3. The first-order chi connectivity index (χ1) is 6.47. The second-order valence-electron chi connectivity index (χ2n) is 2.97. The predicted octanol–water partition coefficient (Wildman–Crippen LogP) is -1.12. The molecule has 0 unspecified atom stereocenters. The maximum absolute atomic E-state index is 11.0. The lowest BCUT2D eigenvalue weighted by molar-refractivity contribution is -0.137. The van der Waals surface area contributed by atoms with Crippen molar-refractivity contribution in [2.45, 2.75) is 31.8 Å². The van der Waals surface area contributed by atoms with E-state index in [1.165, 1.54) is 6.92 Å². The molecule has 0 aromatic heterocycles. The molecule has 80 valence electrons. The second kappa shape index (κ2) is 6.09. The van der Waals surface area contributed by atoms with Gasteiger partial charge in [0, 0.05) is 6.42 Å². The normalized spacial score (nSPS) is 14.1. The molecule has 0 fully saturated rings. The summed E-state index contributed by atoms with van der Waals surface area (Å²) in [7, 11) is 0. The first-order valence-corrected chi connectivity index (χ1v) is 4.20. The monoisotopic (exact) mass is 202 g/mol. The number of nitrogens with two attached hydrogens (primary N) is 1. The van der Waals surface area contributed by atoms with Gasteiger partial charge in [-0.15, -0.1) is 0 Å². The van der Waals surface area contributed by atoms with E-state index in [1.807, 2.05) is 0 Å². The highest BCUT2D eigenvalue weighted by Gasteiger charge is 2.14. The number of carboxylic acid groups (broad SMARTS) is 1. The fourth-order valence-electron chi connectivity index (χ4n) is 0.767. The van der Waals surface area contributed by atoms with Gasteiger partial charge in [-0.3, -0.25) is 9.59 Å². The molecule has 0 aromatic carbocycles. The minimum absolute atomic E-state index is 0.0806. The largest absolute Gasteiger partial charge is 0.481 e. The Balaban J connectivity index is 3.96. The van der Waals surface area contributed by atoms with E-state index in [4.69, 9.17) is 10.8 Å². The first kappa shape index (κ1) is 12.6.